The van der Waals surface area contributed by atoms with Gasteiger partial charge in [0.2, 0.25) is 6.41 Å². The van der Waals surface area contributed by atoms with Gasteiger partial charge in [-0.25, -0.2) is 0 Å². The van der Waals surface area contributed by atoms with Crippen LogP contribution in [0.1, 0.15) is 0 Å². The third-order valence-corrected chi connectivity index (χ3v) is 2.09. The van der Waals surface area contributed by atoms with Gasteiger partial charge >= 0.3 is 0 Å². The summed E-state index contributed by atoms with van der Waals surface area (Å²) in [6.07, 6.45) is 0.584. The highest BCUT2D eigenvalue weighted by atomic mass is 32.1. The maximum Gasteiger partial charge on any atom is 0.211 e. The summed E-state index contributed by atoms with van der Waals surface area (Å²) >= 11 is 4.18. The van der Waals surface area contributed by atoms with Gasteiger partial charge < -0.3 is 14.8 Å². The van der Waals surface area contributed by atoms with Crippen molar-refractivity contribution in [3.8, 4) is 11.5 Å². The molecule has 0 atom stereocenters. The molecule has 4 nitrogen and oxygen atoms in total. The smallest absolute Gasteiger partial charge is 0.211 e. The number of amides is 1. The molecule has 0 saturated heterocycles. The van der Waals surface area contributed by atoms with Crippen LogP contribution in [0.15, 0.2) is 17.0 Å². The number of thiol groups is 1. The lowest BCUT2D eigenvalue weighted by Gasteiger charge is -2.10. The Balaban J connectivity index is 3.15. The SMILES string of the molecule is COc1cc(S)c(NC=O)cc1OC. The van der Waals surface area contributed by atoms with Crippen LogP contribution in [0.5, 0.6) is 11.5 Å². The lowest BCUT2D eigenvalue weighted by molar-refractivity contribution is -0.105. The molecule has 1 aromatic carbocycles. The van der Waals surface area contributed by atoms with Crippen molar-refractivity contribution >= 4 is 24.7 Å². The van der Waals surface area contributed by atoms with E-state index in [2.05, 4.69) is 17.9 Å². The fraction of sp³-hybridized carbons (Fsp3) is 0.222. The first-order valence-electron chi connectivity index (χ1n) is 3.88. The molecule has 0 aliphatic carbocycles. The minimum Gasteiger partial charge on any atom is -0.493 e. The number of nitrogens with one attached hydrogen (secondary N) is 1. The highest BCUT2D eigenvalue weighted by Crippen LogP contribution is 2.34. The van der Waals surface area contributed by atoms with Crippen LogP contribution in [0.2, 0.25) is 0 Å². The van der Waals surface area contributed by atoms with Gasteiger partial charge in [0.25, 0.3) is 0 Å². The Morgan fingerprint density at radius 1 is 1.29 bits per heavy atom. The maximum atomic E-state index is 10.3. The minimum absolute atomic E-state index is 0.551. The van der Waals surface area contributed by atoms with Gasteiger partial charge in [0.1, 0.15) is 0 Å². The molecule has 0 aromatic heterocycles. The van der Waals surface area contributed by atoms with Gasteiger partial charge in [-0.1, -0.05) is 0 Å². The highest BCUT2D eigenvalue weighted by molar-refractivity contribution is 7.80. The van der Waals surface area contributed by atoms with Crippen LogP contribution in [0.3, 0.4) is 0 Å². The average Bonchev–Trinajstić information content (AvgIpc) is 2.20. The van der Waals surface area contributed by atoms with E-state index in [0.717, 1.165) is 0 Å². The number of methoxy groups -OCH3 is 2. The molecule has 0 unspecified atom stereocenters. The van der Waals surface area contributed by atoms with Crippen LogP contribution >= 0.6 is 12.6 Å². The summed E-state index contributed by atoms with van der Waals surface area (Å²) in [4.78, 5) is 10.9. The molecule has 1 N–H and O–H groups in total. The van der Waals surface area contributed by atoms with E-state index in [-0.39, 0.29) is 0 Å². The zero-order valence-corrected chi connectivity index (χ0v) is 8.80. The fourth-order valence-electron chi connectivity index (χ4n) is 1.05. The van der Waals surface area contributed by atoms with E-state index in [1.807, 2.05) is 0 Å². The highest BCUT2D eigenvalue weighted by Gasteiger charge is 2.07. The van der Waals surface area contributed by atoms with Gasteiger partial charge in [-0.2, -0.15) is 0 Å². The fourth-order valence-corrected chi connectivity index (χ4v) is 1.29. The Kier molecular flexibility index (Phi) is 3.64. The first kappa shape index (κ1) is 10.7. The van der Waals surface area contributed by atoms with E-state index >= 15 is 0 Å². The standard InChI is InChI=1S/C9H11NO3S/c1-12-7-3-6(10-5-11)9(14)4-8(7)13-2/h3-5,14H,1-2H3,(H,10,11). The summed E-state index contributed by atoms with van der Waals surface area (Å²) in [6, 6.07) is 3.32. The van der Waals surface area contributed by atoms with E-state index in [0.29, 0.717) is 28.5 Å². The zero-order chi connectivity index (χ0) is 10.6. The van der Waals surface area contributed by atoms with Crippen molar-refractivity contribution in [2.45, 2.75) is 4.90 Å². The van der Waals surface area contributed by atoms with Gasteiger partial charge in [0.05, 0.1) is 19.9 Å². The van der Waals surface area contributed by atoms with Gasteiger partial charge in [-0.15, -0.1) is 12.6 Å². The van der Waals surface area contributed by atoms with Gasteiger partial charge in [0.15, 0.2) is 11.5 Å². The van der Waals surface area contributed by atoms with Crippen molar-refractivity contribution in [2.24, 2.45) is 0 Å². The van der Waals surface area contributed by atoms with Crippen LogP contribution in [-0.2, 0) is 4.79 Å². The molecule has 14 heavy (non-hydrogen) atoms. The second kappa shape index (κ2) is 4.76. The molecular formula is C9H11NO3S. The minimum atomic E-state index is 0.551. The normalized spacial score (nSPS) is 9.36. The second-order valence-corrected chi connectivity index (χ2v) is 2.97. The second-order valence-electron chi connectivity index (χ2n) is 2.49. The molecule has 0 spiro atoms. The summed E-state index contributed by atoms with van der Waals surface area (Å²) in [5.74, 6) is 1.13. The first-order valence-corrected chi connectivity index (χ1v) is 4.32. The van der Waals surface area contributed by atoms with E-state index in [1.165, 1.54) is 14.2 Å². The number of carbonyl (C=O) groups is 1. The molecule has 0 aliphatic rings. The number of hydrogen-bond donors (Lipinski definition) is 2. The molecule has 1 rings (SSSR count). The van der Waals surface area contributed by atoms with Crippen molar-refractivity contribution in [3.63, 3.8) is 0 Å². The number of carbonyl (C=O) groups excluding carboxylic acids is 1. The Hall–Kier alpha value is -1.36. The van der Waals surface area contributed by atoms with Crippen LogP contribution in [-0.4, -0.2) is 20.6 Å². The maximum absolute atomic E-state index is 10.3. The number of anilines is 1. The van der Waals surface area contributed by atoms with Crippen LogP contribution in [0.25, 0.3) is 0 Å². The number of benzene rings is 1. The summed E-state index contributed by atoms with van der Waals surface area (Å²) in [5, 5.41) is 2.51. The molecule has 0 saturated carbocycles. The molecule has 1 aromatic rings. The topological polar surface area (TPSA) is 47.6 Å². The molecule has 1 amide bonds. The third-order valence-electron chi connectivity index (χ3n) is 1.72. The summed E-state index contributed by atoms with van der Waals surface area (Å²) < 4.78 is 10.1. The van der Waals surface area contributed by atoms with E-state index in [4.69, 9.17) is 9.47 Å². The Morgan fingerprint density at radius 3 is 2.36 bits per heavy atom. The largest absolute Gasteiger partial charge is 0.493 e. The number of ether oxygens (including phenoxy) is 2. The van der Waals surface area contributed by atoms with Crippen molar-refractivity contribution in [1.82, 2.24) is 0 Å². The van der Waals surface area contributed by atoms with Crippen molar-refractivity contribution < 1.29 is 14.3 Å². The summed E-state index contributed by atoms with van der Waals surface area (Å²) in [7, 11) is 3.07. The summed E-state index contributed by atoms with van der Waals surface area (Å²) in [5.41, 5.74) is 0.584. The average molecular weight is 213 g/mol. The van der Waals surface area contributed by atoms with Gasteiger partial charge in [0, 0.05) is 11.0 Å². The lowest BCUT2D eigenvalue weighted by atomic mass is 10.2. The van der Waals surface area contributed by atoms with Crippen molar-refractivity contribution in [2.75, 3.05) is 19.5 Å². The number of hydrogen-bond acceptors (Lipinski definition) is 4. The molecule has 0 radical (unpaired) electrons. The predicted octanol–water partition coefficient (Wildman–Crippen LogP) is 1.56. The molecular weight excluding hydrogens is 202 g/mol. The van der Waals surface area contributed by atoms with Gasteiger partial charge in [-0.3, -0.25) is 4.79 Å². The van der Waals surface area contributed by atoms with Crippen molar-refractivity contribution in [1.29, 1.82) is 0 Å². The molecule has 0 aliphatic heterocycles. The predicted molar refractivity (Wildman–Crippen MR) is 56.5 cm³/mol. The van der Waals surface area contributed by atoms with Crippen LogP contribution in [0.4, 0.5) is 5.69 Å². The molecule has 5 heteroatoms. The Bertz CT molecular complexity index is 341. The summed E-state index contributed by atoms with van der Waals surface area (Å²) in [6.45, 7) is 0. The van der Waals surface area contributed by atoms with E-state index in [9.17, 15) is 4.79 Å². The van der Waals surface area contributed by atoms with Crippen LogP contribution < -0.4 is 14.8 Å². The molecule has 0 fully saturated rings. The monoisotopic (exact) mass is 213 g/mol. The first-order chi connectivity index (χ1) is 6.72. The van der Waals surface area contributed by atoms with Gasteiger partial charge in [-0.05, 0) is 6.07 Å². The molecule has 76 valence electrons. The number of rotatable bonds is 4. The molecule has 0 heterocycles. The lowest BCUT2D eigenvalue weighted by Crippen LogP contribution is -1.97. The van der Waals surface area contributed by atoms with E-state index < -0.39 is 0 Å². The Labute approximate surface area is 87.6 Å². The van der Waals surface area contributed by atoms with E-state index in [1.54, 1.807) is 12.1 Å². The zero-order valence-electron chi connectivity index (χ0n) is 7.90. The third kappa shape index (κ3) is 2.11. The Morgan fingerprint density at radius 2 is 1.86 bits per heavy atom. The van der Waals surface area contributed by atoms with Crippen molar-refractivity contribution in [3.05, 3.63) is 12.1 Å². The molecule has 0 bridgehead atoms. The quantitative estimate of drug-likeness (QED) is 0.589. The van der Waals surface area contributed by atoms with Crippen LogP contribution in [0, 0.1) is 0 Å².